The highest BCUT2D eigenvalue weighted by atomic mass is 35.5. The normalized spacial score (nSPS) is 14.7. The van der Waals surface area contributed by atoms with Crippen molar-refractivity contribution in [2.24, 2.45) is 0 Å². The van der Waals surface area contributed by atoms with E-state index in [4.69, 9.17) is 11.6 Å². The van der Waals surface area contributed by atoms with Gasteiger partial charge in [0.25, 0.3) is 0 Å². The Morgan fingerprint density at radius 3 is 2.60 bits per heavy atom. The molecule has 0 aliphatic carbocycles. The summed E-state index contributed by atoms with van der Waals surface area (Å²) < 4.78 is 0. The van der Waals surface area contributed by atoms with Crippen molar-refractivity contribution in [1.82, 2.24) is 15.1 Å². The molecule has 0 saturated carbocycles. The van der Waals surface area contributed by atoms with Gasteiger partial charge in [-0.05, 0) is 50.2 Å². The van der Waals surface area contributed by atoms with Gasteiger partial charge in [-0.15, -0.1) is 5.10 Å². The van der Waals surface area contributed by atoms with Crippen LogP contribution in [0, 0.1) is 25.2 Å². The van der Waals surface area contributed by atoms with E-state index in [1.54, 1.807) is 0 Å². The smallest absolute Gasteiger partial charge is 0.156 e. The molecule has 0 radical (unpaired) electrons. The zero-order valence-electron chi connectivity index (χ0n) is 17.5. The molecule has 3 aromatic rings. The molecule has 154 valence electrons. The molecule has 6 nitrogen and oxygen atoms in total. The lowest BCUT2D eigenvalue weighted by Crippen LogP contribution is -2.44. The van der Waals surface area contributed by atoms with Crippen LogP contribution in [0.1, 0.15) is 22.4 Å². The summed E-state index contributed by atoms with van der Waals surface area (Å²) >= 11 is 6.67. The van der Waals surface area contributed by atoms with E-state index in [1.165, 1.54) is 0 Å². The van der Waals surface area contributed by atoms with Gasteiger partial charge in [0.2, 0.25) is 0 Å². The lowest BCUT2D eigenvalue weighted by atomic mass is 10.0. The molecule has 0 bridgehead atoms. The Morgan fingerprint density at radius 1 is 1.10 bits per heavy atom. The second-order valence-corrected chi connectivity index (χ2v) is 8.24. The molecule has 0 atom stereocenters. The van der Waals surface area contributed by atoms with Crippen molar-refractivity contribution in [3.63, 3.8) is 0 Å². The first-order valence-corrected chi connectivity index (χ1v) is 10.5. The van der Waals surface area contributed by atoms with Gasteiger partial charge in [-0.3, -0.25) is 0 Å². The van der Waals surface area contributed by atoms with Crippen molar-refractivity contribution in [2.75, 3.05) is 43.4 Å². The first-order valence-electron chi connectivity index (χ1n) is 10.1. The van der Waals surface area contributed by atoms with Gasteiger partial charge in [-0.25, -0.2) is 0 Å². The Bertz CT molecular complexity index is 1130. The summed E-state index contributed by atoms with van der Waals surface area (Å²) in [5.41, 5.74) is 4.63. The van der Waals surface area contributed by atoms with Crippen LogP contribution >= 0.6 is 11.6 Å². The largest absolute Gasteiger partial charge is 0.368 e. The van der Waals surface area contributed by atoms with Crippen molar-refractivity contribution in [3.8, 4) is 6.07 Å². The summed E-state index contributed by atoms with van der Waals surface area (Å²) in [6.45, 7) is 8.42. The third-order valence-electron chi connectivity index (χ3n) is 5.89. The summed E-state index contributed by atoms with van der Waals surface area (Å²) in [5.74, 6) is 0.726. The number of aryl methyl sites for hydroxylation is 1. The van der Waals surface area contributed by atoms with Gasteiger partial charge < -0.3 is 15.1 Å². The van der Waals surface area contributed by atoms with Crippen LogP contribution in [0.2, 0.25) is 5.02 Å². The summed E-state index contributed by atoms with van der Waals surface area (Å²) in [6.07, 6.45) is 0. The van der Waals surface area contributed by atoms with E-state index >= 15 is 0 Å². The van der Waals surface area contributed by atoms with E-state index in [9.17, 15) is 5.26 Å². The van der Waals surface area contributed by atoms with Crippen LogP contribution in [0.25, 0.3) is 10.8 Å². The topological polar surface area (TPSA) is 68.1 Å². The molecular weight excluding hydrogens is 396 g/mol. The molecule has 30 heavy (non-hydrogen) atoms. The Morgan fingerprint density at radius 2 is 1.87 bits per heavy atom. The van der Waals surface area contributed by atoms with Crippen LogP contribution in [-0.2, 0) is 6.54 Å². The van der Waals surface area contributed by atoms with Crippen LogP contribution in [0.15, 0.2) is 30.3 Å². The number of benzene rings is 2. The standard InChI is InChI=1S/C23H25ClN6/c1-15-17(13-25)5-4-6-18(15)14-26-23-20-12-22(30-9-7-29(3)8-10-30)21(24)11-19(20)16(2)27-28-23/h4-6,11-12H,7-10,14H2,1-3H3,(H,26,28). The lowest BCUT2D eigenvalue weighted by molar-refractivity contribution is 0.313. The highest BCUT2D eigenvalue weighted by molar-refractivity contribution is 6.34. The number of nitrogens with zero attached hydrogens (tertiary/aromatic N) is 5. The second-order valence-electron chi connectivity index (χ2n) is 7.83. The average Bonchev–Trinajstić information content (AvgIpc) is 2.75. The minimum absolute atomic E-state index is 0.570. The number of hydrogen-bond donors (Lipinski definition) is 1. The van der Waals surface area contributed by atoms with Gasteiger partial charge in [0, 0.05) is 43.5 Å². The number of piperazine rings is 1. The van der Waals surface area contributed by atoms with E-state index in [-0.39, 0.29) is 0 Å². The fourth-order valence-electron chi connectivity index (χ4n) is 3.89. The number of nitriles is 1. The molecule has 2 heterocycles. The first-order chi connectivity index (χ1) is 14.5. The number of aromatic nitrogens is 2. The predicted molar refractivity (Wildman–Crippen MR) is 122 cm³/mol. The number of rotatable bonds is 4. The van der Waals surface area contributed by atoms with E-state index in [0.29, 0.717) is 12.1 Å². The molecule has 7 heteroatoms. The zero-order valence-corrected chi connectivity index (χ0v) is 18.3. The molecule has 0 unspecified atom stereocenters. The van der Waals surface area contributed by atoms with Crippen LogP contribution in [0.4, 0.5) is 11.5 Å². The number of hydrogen-bond acceptors (Lipinski definition) is 6. The Kier molecular flexibility index (Phi) is 5.76. The summed E-state index contributed by atoms with van der Waals surface area (Å²) in [7, 11) is 2.14. The van der Waals surface area contributed by atoms with Crippen LogP contribution in [0.3, 0.4) is 0 Å². The van der Waals surface area contributed by atoms with Gasteiger partial charge in [-0.1, -0.05) is 23.7 Å². The van der Waals surface area contributed by atoms with Gasteiger partial charge >= 0.3 is 0 Å². The molecule has 1 saturated heterocycles. The minimum atomic E-state index is 0.570. The first kappa shape index (κ1) is 20.4. The van der Waals surface area contributed by atoms with Crippen LogP contribution < -0.4 is 10.2 Å². The van der Waals surface area contributed by atoms with E-state index in [1.807, 2.05) is 38.1 Å². The lowest BCUT2D eigenvalue weighted by Gasteiger charge is -2.34. The molecule has 1 fully saturated rings. The Labute approximate surface area is 182 Å². The third kappa shape index (κ3) is 3.91. The molecule has 2 aromatic carbocycles. The van der Waals surface area contributed by atoms with E-state index in [0.717, 1.165) is 70.3 Å². The number of likely N-dealkylation sites (N-methyl/N-ethyl adjacent to an activating group) is 1. The van der Waals surface area contributed by atoms with Crippen LogP contribution in [0.5, 0.6) is 0 Å². The maximum absolute atomic E-state index is 9.28. The number of anilines is 2. The van der Waals surface area contributed by atoms with Gasteiger partial charge in [-0.2, -0.15) is 10.4 Å². The zero-order chi connectivity index (χ0) is 21.3. The molecule has 1 aromatic heterocycles. The summed E-state index contributed by atoms with van der Waals surface area (Å²) in [5, 5.41) is 24.2. The fourth-order valence-corrected chi connectivity index (χ4v) is 4.17. The summed E-state index contributed by atoms with van der Waals surface area (Å²) in [4.78, 5) is 4.66. The maximum Gasteiger partial charge on any atom is 0.156 e. The van der Waals surface area contributed by atoms with Gasteiger partial charge in [0.15, 0.2) is 5.82 Å². The SMILES string of the molecule is Cc1c(C#N)cccc1CNc1nnc(C)c2cc(Cl)c(N3CCN(C)CC3)cc12. The molecule has 1 aliphatic heterocycles. The average molecular weight is 421 g/mol. The highest BCUT2D eigenvalue weighted by Gasteiger charge is 2.19. The molecule has 1 aliphatic rings. The van der Waals surface area contributed by atoms with Crippen molar-refractivity contribution >= 4 is 33.9 Å². The molecule has 0 amide bonds. The third-order valence-corrected chi connectivity index (χ3v) is 6.19. The van der Waals surface area contributed by atoms with Gasteiger partial charge in [0.05, 0.1) is 28.0 Å². The molecule has 0 spiro atoms. The number of fused-ring (bicyclic) bond motifs is 1. The number of halogens is 1. The quantitative estimate of drug-likeness (QED) is 0.684. The van der Waals surface area contributed by atoms with E-state index < -0.39 is 0 Å². The Balaban J connectivity index is 1.69. The highest BCUT2D eigenvalue weighted by Crippen LogP contribution is 2.35. The monoisotopic (exact) mass is 420 g/mol. The fraction of sp³-hybridized carbons (Fsp3) is 0.348. The van der Waals surface area contributed by atoms with Crippen molar-refractivity contribution in [2.45, 2.75) is 20.4 Å². The second kappa shape index (κ2) is 8.47. The molecular formula is C23H25ClN6. The minimum Gasteiger partial charge on any atom is -0.368 e. The number of nitrogens with one attached hydrogen (secondary N) is 1. The van der Waals surface area contributed by atoms with Crippen molar-refractivity contribution < 1.29 is 0 Å². The van der Waals surface area contributed by atoms with Crippen molar-refractivity contribution in [1.29, 1.82) is 5.26 Å². The van der Waals surface area contributed by atoms with Crippen LogP contribution in [-0.4, -0.2) is 48.3 Å². The molecule has 4 rings (SSSR count). The maximum atomic E-state index is 9.28. The molecule has 1 N–H and O–H groups in total. The van der Waals surface area contributed by atoms with Crippen molar-refractivity contribution in [3.05, 3.63) is 57.7 Å². The summed E-state index contributed by atoms with van der Waals surface area (Å²) in [6, 6.07) is 12.2. The Hall–Kier alpha value is -2.88. The predicted octanol–water partition coefficient (Wildman–Crippen LogP) is 4.14. The van der Waals surface area contributed by atoms with E-state index in [2.05, 4.69) is 44.5 Å². The van der Waals surface area contributed by atoms with Gasteiger partial charge in [0.1, 0.15) is 0 Å².